The van der Waals surface area contributed by atoms with Gasteiger partial charge in [0, 0.05) is 18.2 Å². The van der Waals surface area contributed by atoms with Gasteiger partial charge in [-0.3, -0.25) is 9.29 Å². The highest BCUT2D eigenvalue weighted by Gasteiger charge is 2.38. The molecule has 0 spiro atoms. The van der Waals surface area contributed by atoms with Gasteiger partial charge in [-0.2, -0.15) is 4.76 Å². The number of rotatable bonds is 6. The van der Waals surface area contributed by atoms with E-state index in [0.717, 1.165) is 6.26 Å². The molecule has 37 heavy (non-hydrogen) atoms. The zero-order valence-corrected chi connectivity index (χ0v) is 22.6. The standard InChI is InChI=1S/C24H28FN4O6PS/c1-24(2,3)21-20(30)19(23(31)29(21)13-14-6-8-15(25)9-7-14)22-26-17-11-10-16(28-37(5,33)34)12-18(17)36(32,27-22)35-4/h6-12,28,30-31H,13H2,1-5H3,(H,26,27,32). The molecule has 198 valence electrons. The number of benzene rings is 2. The highest BCUT2D eigenvalue weighted by atomic mass is 32.2. The van der Waals surface area contributed by atoms with Gasteiger partial charge in [-0.15, -0.1) is 0 Å². The molecule has 10 nitrogen and oxygen atoms in total. The van der Waals surface area contributed by atoms with E-state index in [1.54, 1.807) is 12.1 Å². The van der Waals surface area contributed by atoms with Crippen molar-refractivity contribution in [2.45, 2.75) is 32.7 Å². The van der Waals surface area contributed by atoms with E-state index in [1.807, 2.05) is 20.8 Å². The van der Waals surface area contributed by atoms with E-state index in [9.17, 15) is 27.6 Å². The van der Waals surface area contributed by atoms with Gasteiger partial charge in [0.25, 0.3) is 0 Å². The van der Waals surface area contributed by atoms with Crippen LogP contribution in [0.3, 0.4) is 0 Å². The summed E-state index contributed by atoms with van der Waals surface area (Å²) in [5.41, 5.74) is 0.834. The van der Waals surface area contributed by atoms with Gasteiger partial charge in [-0.05, 0) is 35.9 Å². The Bertz CT molecular complexity index is 1560. The molecule has 1 aliphatic rings. The second-order valence-electron chi connectivity index (χ2n) is 9.74. The number of hydrogen-bond acceptors (Lipinski definition) is 7. The van der Waals surface area contributed by atoms with Crippen LogP contribution in [-0.4, -0.2) is 42.4 Å². The van der Waals surface area contributed by atoms with Crippen LogP contribution in [0.4, 0.5) is 15.8 Å². The van der Waals surface area contributed by atoms with Gasteiger partial charge in [-0.1, -0.05) is 32.9 Å². The summed E-state index contributed by atoms with van der Waals surface area (Å²) in [6.45, 7) is 5.69. The maximum absolute atomic E-state index is 13.7. The van der Waals surface area contributed by atoms with E-state index < -0.39 is 28.8 Å². The molecule has 0 bridgehead atoms. The molecule has 0 saturated heterocycles. The topological polar surface area (TPSA) is 142 Å². The fourth-order valence-electron chi connectivity index (χ4n) is 4.24. The summed E-state index contributed by atoms with van der Waals surface area (Å²) < 4.78 is 63.8. The van der Waals surface area contributed by atoms with Crippen LogP contribution in [0.5, 0.6) is 11.6 Å². The van der Waals surface area contributed by atoms with Gasteiger partial charge in [0.15, 0.2) is 11.6 Å². The molecule has 2 heterocycles. The summed E-state index contributed by atoms with van der Waals surface area (Å²) in [6, 6.07) is 10.1. The monoisotopic (exact) mass is 550 g/mol. The molecular weight excluding hydrogens is 522 g/mol. The minimum atomic E-state index is -3.94. The minimum Gasteiger partial charge on any atom is -0.505 e. The van der Waals surface area contributed by atoms with Crippen molar-refractivity contribution < 1.29 is 32.1 Å². The van der Waals surface area contributed by atoms with E-state index in [2.05, 4.69) is 14.8 Å². The Morgan fingerprint density at radius 1 is 1.16 bits per heavy atom. The van der Waals surface area contributed by atoms with E-state index >= 15 is 0 Å². The maximum atomic E-state index is 13.7. The minimum absolute atomic E-state index is 0.0756. The van der Waals surface area contributed by atoms with E-state index in [1.165, 1.54) is 42.0 Å². The van der Waals surface area contributed by atoms with Gasteiger partial charge in [-0.25, -0.2) is 12.8 Å². The summed E-state index contributed by atoms with van der Waals surface area (Å²) in [5, 5.41) is 25.7. The predicted molar refractivity (Wildman–Crippen MR) is 141 cm³/mol. The second kappa shape index (κ2) is 9.20. The molecule has 1 unspecified atom stereocenters. The molecule has 4 N–H and O–H groups in total. The lowest BCUT2D eigenvalue weighted by molar-refractivity contribution is 0.401. The molecule has 0 aliphatic carbocycles. The number of aromatic hydroxyl groups is 2. The quantitative estimate of drug-likeness (QED) is 0.339. The first-order valence-electron chi connectivity index (χ1n) is 11.2. The van der Waals surface area contributed by atoms with Gasteiger partial charge in [0.1, 0.15) is 11.4 Å². The number of halogens is 1. The Morgan fingerprint density at radius 2 is 1.81 bits per heavy atom. The number of anilines is 2. The molecule has 13 heteroatoms. The van der Waals surface area contributed by atoms with E-state index in [0.29, 0.717) is 16.9 Å². The summed E-state index contributed by atoms with van der Waals surface area (Å²) in [5.74, 6) is -1.08. The lowest BCUT2D eigenvalue weighted by Crippen LogP contribution is -2.26. The molecular formula is C24H28FN4O6PS. The van der Waals surface area contributed by atoms with Crippen LogP contribution in [0, 0.1) is 5.82 Å². The first kappa shape index (κ1) is 26.7. The molecule has 1 aliphatic heterocycles. The summed E-state index contributed by atoms with van der Waals surface area (Å²) in [4.78, 5) is 0. The molecule has 4 rings (SSSR count). The zero-order chi connectivity index (χ0) is 27.3. The van der Waals surface area contributed by atoms with Crippen LogP contribution in [-0.2, 0) is 31.1 Å². The smallest absolute Gasteiger partial charge is 0.348 e. The summed E-state index contributed by atoms with van der Waals surface area (Å²) >= 11 is 0. The normalized spacial score (nSPS) is 17.6. The van der Waals surface area contributed by atoms with Gasteiger partial charge >= 0.3 is 7.52 Å². The maximum Gasteiger partial charge on any atom is 0.348 e. The van der Waals surface area contributed by atoms with Gasteiger partial charge in [0.2, 0.25) is 15.9 Å². The number of aromatic nitrogens is 1. The summed E-state index contributed by atoms with van der Waals surface area (Å²) in [7, 11) is -6.32. The number of fused-ring (bicyclic) bond motifs is 1. The Morgan fingerprint density at radius 3 is 2.38 bits per heavy atom. The molecule has 3 aromatic rings. The fourth-order valence-corrected chi connectivity index (χ4v) is 6.33. The van der Waals surface area contributed by atoms with Crippen LogP contribution in [0.15, 0.2) is 47.2 Å². The Balaban J connectivity index is 1.86. The fraction of sp³-hybridized carbons (Fsp3) is 0.292. The molecule has 0 saturated carbocycles. The van der Waals surface area contributed by atoms with Crippen molar-refractivity contribution in [1.29, 1.82) is 0 Å². The van der Waals surface area contributed by atoms with Crippen LogP contribution in [0.25, 0.3) is 0 Å². The van der Waals surface area contributed by atoms with Crippen molar-refractivity contribution in [3.8, 4) is 11.6 Å². The number of nitrogens with zero attached hydrogens (tertiary/aromatic N) is 2. The molecule has 0 fully saturated rings. The summed E-state index contributed by atoms with van der Waals surface area (Å²) in [6.07, 6.45) is 0.992. The molecule has 0 amide bonds. The highest BCUT2D eigenvalue weighted by molar-refractivity contribution is 7.92. The number of sulfonamides is 1. The molecule has 0 radical (unpaired) electrons. The third kappa shape index (κ3) is 5.22. The lowest BCUT2D eigenvalue weighted by Gasteiger charge is -2.24. The van der Waals surface area contributed by atoms with Gasteiger partial charge < -0.3 is 24.6 Å². The largest absolute Gasteiger partial charge is 0.505 e. The van der Waals surface area contributed by atoms with Gasteiger partial charge in [0.05, 0.1) is 29.5 Å². The SMILES string of the molecule is COP1(=O)N=C(c2c(O)c(C(C)(C)C)n(Cc3ccc(F)cc3)c2O)Nc2ccc(NS(C)(=O)=O)cc21. The molecule has 1 atom stereocenters. The van der Waals surface area contributed by atoms with Crippen molar-refractivity contribution in [2.24, 2.45) is 4.76 Å². The van der Waals surface area contributed by atoms with Crippen LogP contribution in [0.2, 0.25) is 0 Å². The number of amidine groups is 1. The van der Waals surface area contributed by atoms with Crippen molar-refractivity contribution in [3.05, 3.63) is 65.1 Å². The Hall–Kier alpha value is -3.34. The van der Waals surface area contributed by atoms with E-state index in [4.69, 9.17) is 4.52 Å². The van der Waals surface area contributed by atoms with Crippen LogP contribution >= 0.6 is 7.52 Å². The Kier molecular flexibility index (Phi) is 6.64. The highest BCUT2D eigenvalue weighted by Crippen LogP contribution is 2.53. The molecule has 1 aromatic heterocycles. The van der Waals surface area contributed by atoms with Crippen LogP contribution < -0.4 is 15.3 Å². The third-order valence-corrected chi connectivity index (χ3v) is 8.29. The first-order valence-corrected chi connectivity index (χ1v) is 14.6. The Labute approximate surface area is 214 Å². The number of hydrogen-bond donors (Lipinski definition) is 4. The zero-order valence-electron chi connectivity index (χ0n) is 20.9. The molecule has 2 aromatic carbocycles. The lowest BCUT2D eigenvalue weighted by atomic mass is 9.91. The van der Waals surface area contributed by atoms with Crippen molar-refractivity contribution in [2.75, 3.05) is 23.4 Å². The predicted octanol–water partition coefficient (Wildman–Crippen LogP) is 4.09. The third-order valence-electron chi connectivity index (χ3n) is 5.75. The second-order valence-corrected chi connectivity index (χ2v) is 13.6. The van der Waals surface area contributed by atoms with Crippen molar-refractivity contribution in [1.82, 2.24) is 4.57 Å². The van der Waals surface area contributed by atoms with E-state index in [-0.39, 0.29) is 40.6 Å². The van der Waals surface area contributed by atoms with Crippen molar-refractivity contribution in [3.63, 3.8) is 0 Å². The van der Waals surface area contributed by atoms with Crippen molar-refractivity contribution >= 4 is 40.1 Å². The average molecular weight is 551 g/mol. The average Bonchev–Trinajstić information content (AvgIpc) is 3.04. The first-order chi connectivity index (χ1) is 17.1. The number of nitrogens with one attached hydrogen (secondary N) is 2. The van der Waals surface area contributed by atoms with Crippen LogP contribution in [0.1, 0.15) is 37.6 Å².